The average molecular weight is 483 g/mol. The fourth-order valence-corrected chi connectivity index (χ4v) is 5.45. The Morgan fingerprint density at radius 3 is 1.26 bits per heavy atom. The number of hydrogen-bond donors (Lipinski definition) is 0. The number of rotatable bonds is 23. The predicted molar refractivity (Wildman–Crippen MR) is 156 cm³/mol. The Morgan fingerprint density at radius 1 is 0.486 bits per heavy atom. The summed E-state index contributed by atoms with van der Waals surface area (Å²) < 4.78 is 0. The molecule has 1 unspecified atom stereocenters. The van der Waals surface area contributed by atoms with E-state index in [1.54, 1.807) is 0 Å². The summed E-state index contributed by atoms with van der Waals surface area (Å²) in [5, 5.41) is 0. The summed E-state index contributed by atoms with van der Waals surface area (Å²) in [5.74, 6) is 0. The van der Waals surface area contributed by atoms with E-state index < -0.39 is 0 Å². The van der Waals surface area contributed by atoms with Crippen LogP contribution in [-0.2, 0) is 6.42 Å². The van der Waals surface area contributed by atoms with Gasteiger partial charge >= 0.3 is 0 Å². The Hall–Kier alpha value is -1.44. The van der Waals surface area contributed by atoms with Crippen LogP contribution in [-0.4, -0.2) is 29.1 Å². The van der Waals surface area contributed by atoms with Crippen molar-refractivity contribution in [3.05, 3.63) is 48.3 Å². The molecule has 2 nitrogen and oxygen atoms in total. The Labute approximate surface area is 219 Å². The highest BCUT2D eigenvalue weighted by atomic mass is 15.4. The van der Waals surface area contributed by atoms with Crippen LogP contribution in [0.5, 0.6) is 0 Å². The van der Waals surface area contributed by atoms with Gasteiger partial charge in [-0.25, -0.2) is 0 Å². The van der Waals surface area contributed by atoms with E-state index in [2.05, 4.69) is 66.4 Å². The summed E-state index contributed by atoms with van der Waals surface area (Å²) >= 11 is 0. The molecule has 0 fully saturated rings. The quantitative estimate of drug-likeness (QED) is 0.143. The molecule has 35 heavy (non-hydrogen) atoms. The van der Waals surface area contributed by atoms with Crippen LogP contribution in [0.25, 0.3) is 0 Å². The molecule has 0 aromatic heterocycles. The van der Waals surface area contributed by atoms with E-state index in [0.717, 1.165) is 6.42 Å². The number of nitrogens with zero attached hydrogens (tertiary/aromatic N) is 2. The third-order valence-corrected chi connectivity index (χ3v) is 7.77. The third-order valence-electron chi connectivity index (χ3n) is 7.77. The molecular weight excluding hydrogens is 424 g/mol. The lowest BCUT2D eigenvalue weighted by molar-refractivity contribution is 0.148. The van der Waals surface area contributed by atoms with Crippen molar-refractivity contribution in [2.45, 2.75) is 148 Å². The van der Waals surface area contributed by atoms with Crippen molar-refractivity contribution in [3.8, 4) is 0 Å². The molecule has 1 atom stereocenters. The van der Waals surface area contributed by atoms with Crippen molar-refractivity contribution in [2.75, 3.05) is 13.1 Å². The van der Waals surface area contributed by atoms with Crippen molar-refractivity contribution in [3.63, 3.8) is 0 Å². The maximum atomic E-state index is 2.63. The van der Waals surface area contributed by atoms with Crippen LogP contribution >= 0.6 is 0 Å². The van der Waals surface area contributed by atoms with E-state index in [1.807, 2.05) is 0 Å². The summed E-state index contributed by atoms with van der Waals surface area (Å²) in [6.07, 6.45) is 33.1. The normalized spacial score (nSPS) is 15.4. The van der Waals surface area contributed by atoms with Gasteiger partial charge in [0.1, 0.15) is 6.17 Å². The summed E-state index contributed by atoms with van der Waals surface area (Å²) in [5.41, 5.74) is 1.46. The van der Waals surface area contributed by atoms with Gasteiger partial charge in [0.25, 0.3) is 0 Å². The first-order chi connectivity index (χ1) is 17.3. The fraction of sp³-hybridized carbons (Fsp3) is 0.758. The van der Waals surface area contributed by atoms with Crippen molar-refractivity contribution in [1.82, 2.24) is 9.80 Å². The van der Waals surface area contributed by atoms with Gasteiger partial charge in [0.2, 0.25) is 0 Å². The zero-order chi connectivity index (χ0) is 24.8. The van der Waals surface area contributed by atoms with E-state index in [-0.39, 0.29) is 0 Å². The molecule has 0 amide bonds. The van der Waals surface area contributed by atoms with Crippen LogP contribution < -0.4 is 0 Å². The van der Waals surface area contributed by atoms with Crippen molar-refractivity contribution in [1.29, 1.82) is 0 Å². The monoisotopic (exact) mass is 482 g/mol. The summed E-state index contributed by atoms with van der Waals surface area (Å²) in [6.45, 7) is 7.02. The molecule has 0 saturated heterocycles. The van der Waals surface area contributed by atoms with E-state index in [1.165, 1.54) is 141 Å². The average Bonchev–Trinajstić information content (AvgIpc) is 3.25. The Morgan fingerprint density at radius 2 is 0.857 bits per heavy atom. The van der Waals surface area contributed by atoms with Crippen LogP contribution in [0.1, 0.15) is 141 Å². The van der Waals surface area contributed by atoms with Crippen molar-refractivity contribution < 1.29 is 0 Å². The molecular formula is C33H58N2. The lowest BCUT2D eigenvalue weighted by Gasteiger charge is -2.33. The second-order valence-electron chi connectivity index (χ2n) is 11.0. The second kappa shape index (κ2) is 20.7. The van der Waals surface area contributed by atoms with Gasteiger partial charge in [0.15, 0.2) is 0 Å². The summed E-state index contributed by atoms with van der Waals surface area (Å²) in [4.78, 5) is 5.26. The molecule has 0 saturated carbocycles. The molecule has 200 valence electrons. The van der Waals surface area contributed by atoms with Crippen LogP contribution in [0.2, 0.25) is 0 Å². The van der Waals surface area contributed by atoms with E-state index in [9.17, 15) is 0 Å². The molecule has 1 aliphatic rings. The number of unbranched alkanes of at least 4 members (excludes halogenated alkanes) is 17. The van der Waals surface area contributed by atoms with E-state index >= 15 is 0 Å². The minimum absolute atomic E-state index is 0.505. The molecule has 2 heteroatoms. The fourth-order valence-electron chi connectivity index (χ4n) is 5.45. The van der Waals surface area contributed by atoms with E-state index in [4.69, 9.17) is 0 Å². The van der Waals surface area contributed by atoms with Gasteiger partial charge in [0.05, 0.1) is 0 Å². The lowest BCUT2D eigenvalue weighted by atomic mass is 10.1. The van der Waals surface area contributed by atoms with Crippen LogP contribution in [0.3, 0.4) is 0 Å². The van der Waals surface area contributed by atoms with Crippen molar-refractivity contribution >= 4 is 0 Å². The van der Waals surface area contributed by atoms with Crippen LogP contribution in [0, 0.1) is 0 Å². The minimum atomic E-state index is 0.505. The molecule has 0 aliphatic carbocycles. The zero-order valence-electron chi connectivity index (χ0n) is 23.6. The molecule has 1 aromatic rings. The highest BCUT2D eigenvalue weighted by Gasteiger charge is 2.25. The molecule has 1 aromatic carbocycles. The molecule has 2 rings (SSSR count). The van der Waals surface area contributed by atoms with Gasteiger partial charge in [-0.1, -0.05) is 153 Å². The molecule has 0 N–H and O–H groups in total. The molecule has 0 bridgehead atoms. The van der Waals surface area contributed by atoms with Gasteiger partial charge in [-0.05, 0) is 18.4 Å². The Bertz CT molecular complexity index is 611. The molecule has 0 radical (unpaired) electrons. The summed E-state index contributed by atoms with van der Waals surface area (Å²) in [6, 6.07) is 11.1. The van der Waals surface area contributed by atoms with Crippen molar-refractivity contribution in [2.24, 2.45) is 0 Å². The van der Waals surface area contributed by atoms with Gasteiger partial charge in [0, 0.05) is 31.9 Å². The highest BCUT2D eigenvalue weighted by molar-refractivity contribution is 5.17. The third kappa shape index (κ3) is 14.0. The first-order valence-corrected chi connectivity index (χ1v) is 15.6. The summed E-state index contributed by atoms with van der Waals surface area (Å²) in [7, 11) is 0. The predicted octanol–water partition coefficient (Wildman–Crippen LogP) is 10.1. The number of benzene rings is 1. The highest BCUT2D eigenvalue weighted by Crippen LogP contribution is 2.22. The van der Waals surface area contributed by atoms with E-state index in [0.29, 0.717) is 6.17 Å². The van der Waals surface area contributed by atoms with Crippen LogP contribution in [0.4, 0.5) is 0 Å². The molecule has 1 aliphatic heterocycles. The van der Waals surface area contributed by atoms with Gasteiger partial charge in [-0.15, -0.1) is 0 Å². The first kappa shape index (κ1) is 29.8. The lowest BCUT2D eigenvalue weighted by Crippen LogP contribution is -2.41. The maximum absolute atomic E-state index is 2.63. The first-order valence-electron chi connectivity index (χ1n) is 15.6. The topological polar surface area (TPSA) is 6.48 Å². The number of hydrogen-bond acceptors (Lipinski definition) is 2. The maximum Gasteiger partial charge on any atom is 0.105 e. The standard InChI is InChI=1S/C33H58N2/c1-3-5-7-9-11-13-15-17-19-24-28-35-30-29-34(33(35)31-32-25-21-20-22-26-32)27-23-18-16-14-12-10-8-6-4-2/h20-22,25-26,29-30,33H,3-19,23-24,27-28,31H2,1-2H3. The minimum Gasteiger partial charge on any atom is -0.356 e. The van der Waals surface area contributed by atoms with Crippen LogP contribution in [0.15, 0.2) is 42.7 Å². The largest absolute Gasteiger partial charge is 0.356 e. The van der Waals surface area contributed by atoms with Gasteiger partial charge in [-0.2, -0.15) is 0 Å². The SMILES string of the molecule is CCCCCCCCCCCCN1C=CN(CCCCCCCCCCC)C1Cc1ccccc1. The Kier molecular flexibility index (Phi) is 17.6. The van der Waals surface area contributed by atoms with Gasteiger partial charge < -0.3 is 9.80 Å². The molecule has 1 heterocycles. The Balaban J connectivity index is 1.64. The molecule has 0 spiro atoms. The van der Waals surface area contributed by atoms with Gasteiger partial charge in [-0.3, -0.25) is 0 Å². The zero-order valence-corrected chi connectivity index (χ0v) is 23.6. The smallest absolute Gasteiger partial charge is 0.105 e. The second-order valence-corrected chi connectivity index (χ2v) is 11.0.